The van der Waals surface area contributed by atoms with E-state index >= 15 is 0 Å². The number of thioether (sulfide) groups is 1. The highest BCUT2D eigenvalue weighted by molar-refractivity contribution is 7.99. The quantitative estimate of drug-likeness (QED) is 0.263. The zero-order valence-electron chi connectivity index (χ0n) is 78.5. The van der Waals surface area contributed by atoms with Crippen molar-refractivity contribution in [2.45, 2.75) is 334 Å². The number of hydrogen-bond donors (Lipinski definition) is 0. The second kappa shape index (κ2) is 48.7. The van der Waals surface area contributed by atoms with Crippen LogP contribution in [0.1, 0.15) is 279 Å². The molecule has 0 aromatic rings. The Kier molecular flexibility index (Phi) is 47.2. The van der Waals surface area contributed by atoms with Crippen molar-refractivity contribution >= 4 is 43.4 Å². The van der Waals surface area contributed by atoms with Crippen LogP contribution in [0.3, 0.4) is 0 Å². The summed E-state index contributed by atoms with van der Waals surface area (Å²) < 4.78 is 51.7. The number of piperazine rings is 4. The second-order valence-corrected chi connectivity index (χ2v) is 47.2. The van der Waals surface area contributed by atoms with Crippen LogP contribution in [0.25, 0.3) is 0 Å². The number of rotatable bonds is 3. The van der Waals surface area contributed by atoms with Gasteiger partial charge in [0.1, 0.15) is 0 Å². The third-order valence-corrected chi connectivity index (χ3v) is 27.9. The Hall–Kier alpha value is -1.29. The topological polar surface area (TPSA) is 154 Å². The highest BCUT2D eigenvalue weighted by Gasteiger charge is 2.35. The fourth-order valence-corrected chi connectivity index (χ4v) is 19.1. The Morgan fingerprint density at radius 3 is 1.01 bits per heavy atom. The lowest BCUT2D eigenvalue weighted by Crippen LogP contribution is -2.54. The maximum absolute atomic E-state index is 11.4. The van der Waals surface area contributed by atoms with Crippen LogP contribution >= 0.6 is 11.8 Å². The first-order chi connectivity index (χ1) is 50.1. The van der Waals surface area contributed by atoms with Crippen molar-refractivity contribution in [3.8, 4) is 0 Å². The van der Waals surface area contributed by atoms with E-state index in [-0.39, 0.29) is 27.8 Å². The molecular weight excluding hydrogens is 1440 g/mol. The molecule has 10 heterocycles. The molecule has 0 aromatic carbocycles. The van der Waals surface area contributed by atoms with E-state index < -0.39 is 19.9 Å². The molecule has 1 unspecified atom stereocenters. The summed E-state index contributed by atoms with van der Waals surface area (Å²) >= 11 is 2.07. The van der Waals surface area contributed by atoms with Gasteiger partial charge in [0.05, 0.1) is 30.5 Å². The van der Waals surface area contributed by atoms with E-state index in [2.05, 4.69) is 262 Å². The number of piperidine rings is 2. The highest BCUT2D eigenvalue weighted by Crippen LogP contribution is 2.28. The van der Waals surface area contributed by atoms with Gasteiger partial charge in [-0.05, 0) is 284 Å². The van der Waals surface area contributed by atoms with Crippen molar-refractivity contribution in [3.63, 3.8) is 0 Å². The number of morpholine rings is 1. The Labute approximate surface area is 687 Å². The predicted octanol–water partition coefficient (Wildman–Crippen LogP) is 13.9. The van der Waals surface area contributed by atoms with Gasteiger partial charge in [-0.2, -0.15) is 16.1 Å². The van der Waals surface area contributed by atoms with Crippen molar-refractivity contribution in [2.75, 3.05) is 214 Å². The van der Waals surface area contributed by atoms with Gasteiger partial charge in [0.25, 0.3) is 0 Å². The number of sulfone groups is 1. The van der Waals surface area contributed by atoms with Gasteiger partial charge in [-0.1, -0.05) is 27.2 Å². The average Bonchev–Trinajstić information content (AvgIpc) is 1.16. The molecule has 10 saturated heterocycles. The Morgan fingerprint density at radius 2 is 0.745 bits per heavy atom. The van der Waals surface area contributed by atoms with Crippen LogP contribution in [0.5, 0.6) is 0 Å². The van der Waals surface area contributed by atoms with E-state index in [4.69, 9.17) is 4.74 Å². The molecule has 0 spiro atoms. The monoisotopic (exact) mass is 1620 g/mol. The summed E-state index contributed by atoms with van der Waals surface area (Å²) in [4.78, 5) is 51.2. The zero-order chi connectivity index (χ0) is 84.7. The molecule has 20 nitrogen and oxygen atoms in total. The van der Waals surface area contributed by atoms with E-state index in [1.54, 1.807) is 11.2 Å². The Bertz CT molecular complexity index is 2610. The molecule has 110 heavy (non-hydrogen) atoms. The number of nitrogens with zero attached hydrogens (tertiary/aromatic N) is 13. The normalized spacial score (nSPS) is 23.3. The molecule has 656 valence electrons. The zero-order valence-corrected chi connectivity index (χ0v) is 81.0. The molecule has 2 amide bonds. The summed E-state index contributed by atoms with van der Waals surface area (Å²) in [5, 5.41) is -0.0486. The lowest BCUT2D eigenvalue weighted by molar-refractivity contribution is -0.138. The maximum atomic E-state index is 11.4. The van der Waals surface area contributed by atoms with E-state index in [9.17, 15) is 26.4 Å². The lowest BCUT2D eigenvalue weighted by atomic mass is 10.0. The molecule has 0 saturated carbocycles. The molecule has 1 atom stereocenters. The van der Waals surface area contributed by atoms with Gasteiger partial charge < -0.3 is 24.3 Å². The van der Waals surface area contributed by atoms with Crippen molar-refractivity contribution < 1.29 is 31.2 Å². The standard InChI is InChI=1S/C10H20N2O.C10H22N2.C9H20N2O2S.C9H20N2.C9H17NO.C9H19N.C8H17NO.C8H17NS.C8H17N.C7H14O2S/c1-9(13)11-5-7-12(8-6-11)10(2,3)4;1-5-11-6-8-12(9-7-11)10(2,3)4;1-9(2,3)10-5-7-11(8-6-10)14(4,12)13;1-9(2,3)11-7-5-10(4)6-8-11;1-9(2,3)10-7-5-4-6-8(10)11;1-9(2,3)10-7-5-4-6-8-10;2*1-8(2,3)9-4-6-10-7-5-9;1-8(2,3)9-6-4-5-7-9;1-6(2)7-4-3-5-10(7,8)9/h5-8H2,1-4H3;5-9H2,1-4H3;5-8H2,1-4H3;5-8H2,1-4H3;4-7H2,1-3H3;4-8H2,1-3H3;2*4-7H2,1-3H3;4-7H2,1-3H3;6-7H,3-5H2,1-2H3. The highest BCUT2D eigenvalue weighted by atomic mass is 32.2. The summed E-state index contributed by atoms with van der Waals surface area (Å²) in [6.07, 6.45) is 13.0. The summed E-state index contributed by atoms with van der Waals surface area (Å²) in [7, 11) is -3.48. The molecular formula is C87H183N13O7S3. The summed E-state index contributed by atoms with van der Waals surface area (Å²) in [6.45, 7) is 98.8. The number of carbonyl (C=O) groups is 2. The minimum atomic E-state index is -2.99. The minimum Gasteiger partial charge on any atom is -0.379 e. The number of sulfonamides is 1. The molecule has 23 heteroatoms. The first-order valence-corrected chi connectivity index (χ1v) is 48.1. The molecule has 0 N–H and O–H groups in total. The van der Waals surface area contributed by atoms with Crippen LogP contribution in [0.4, 0.5) is 0 Å². The molecule has 10 aliphatic heterocycles. The van der Waals surface area contributed by atoms with Crippen LogP contribution < -0.4 is 0 Å². The largest absolute Gasteiger partial charge is 0.379 e. The number of amides is 2. The average molecular weight is 1620 g/mol. The van der Waals surface area contributed by atoms with Crippen molar-refractivity contribution in [1.29, 1.82) is 0 Å². The molecule has 0 radical (unpaired) electrons. The van der Waals surface area contributed by atoms with Crippen LogP contribution in [0.15, 0.2) is 0 Å². The summed E-state index contributed by atoms with van der Waals surface area (Å²) in [6, 6.07) is 0. The second-order valence-electron chi connectivity index (χ2n) is 41.6. The maximum Gasteiger partial charge on any atom is 0.222 e. The van der Waals surface area contributed by atoms with Gasteiger partial charge in [-0.25, -0.2) is 16.8 Å². The van der Waals surface area contributed by atoms with Gasteiger partial charge in [0, 0.05) is 212 Å². The number of hydrogen-bond acceptors (Lipinski definition) is 18. The molecule has 10 fully saturated rings. The molecule has 0 bridgehead atoms. The minimum absolute atomic E-state index is 0.0253. The fraction of sp³-hybridized carbons (Fsp3) is 0.977. The van der Waals surface area contributed by atoms with E-state index in [0.717, 1.165) is 97.8 Å². The van der Waals surface area contributed by atoms with Gasteiger partial charge >= 0.3 is 0 Å². The molecule has 0 aliphatic carbocycles. The van der Waals surface area contributed by atoms with Crippen molar-refractivity contribution in [3.05, 3.63) is 0 Å². The van der Waals surface area contributed by atoms with Crippen molar-refractivity contribution in [1.82, 2.24) is 63.1 Å². The molecule has 0 aromatic heterocycles. The summed E-state index contributed by atoms with van der Waals surface area (Å²) in [5.74, 6) is 3.87. The lowest BCUT2D eigenvalue weighted by Gasteiger charge is -2.42. The Balaban J connectivity index is 0.000000612. The van der Waals surface area contributed by atoms with Crippen LogP contribution in [-0.4, -0.2) is 361 Å². The van der Waals surface area contributed by atoms with Gasteiger partial charge in [-0.15, -0.1) is 0 Å². The number of ether oxygens (including phenoxy) is 1. The first kappa shape index (κ1) is 107. The number of carbonyl (C=O) groups excluding carboxylic acids is 2. The third kappa shape index (κ3) is 44.5. The number of likely N-dealkylation sites (N-methyl/N-ethyl adjacent to an activating group) is 2. The predicted molar refractivity (Wildman–Crippen MR) is 477 cm³/mol. The fourth-order valence-electron chi connectivity index (χ4n) is 15.1. The van der Waals surface area contributed by atoms with E-state index in [0.29, 0.717) is 63.9 Å². The molecule has 10 rings (SSSR count). The van der Waals surface area contributed by atoms with Gasteiger partial charge in [-0.3, -0.25) is 48.8 Å². The Morgan fingerprint density at radius 1 is 0.427 bits per heavy atom. The van der Waals surface area contributed by atoms with Crippen LogP contribution in [0.2, 0.25) is 0 Å². The van der Waals surface area contributed by atoms with Crippen molar-refractivity contribution in [2.24, 2.45) is 5.92 Å². The SMILES string of the molecule is CC(=O)N1CCN(C(C)(C)C)CC1.CC(C)(C)N1CCCC1.CC(C)(C)N1CCCCC1.CC(C)(C)N1CCCCC1=O.CC(C)(C)N1CCN(S(C)(=O)=O)CC1.CC(C)(C)N1CCOCC1.CC(C)(C)N1CCSCC1.CC(C)C1CCCS1(=O)=O.CCN1CCN(C(C)(C)C)CC1.CN1CCN(C(C)(C)C)CC1. The number of likely N-dealkylation sites (tertiary alicyclic amines) is 3. The van der Waals surface area contributed by atoms with Gasteiger partial charge in [0.2, 0.25) is 21.8 Å². The summed E-state index contributed by atoms with van der Waals surface area (Å²) in [5.41, 5.74) is 2.66. The smallest absolute Gasteiger partial charge is 0.222 e. The van der Waals surface area contributed by atoms with Crippen LogP contribution in [0, 0.1) is 5.92 Å². The third-order valence-electron chi connectivity index (χ3n) is 23.1. The van der Waals surface area contributed by atoms with E-state index in [1.807, 2.05) is 23.6 Å². The molecule has 10 aliphatic rings. The van der Waals surface area contributed by atoms with E-state index in [1.165, 1.54) is 154 Å². The van der Waals surface area contributed by atoms with Crippen LogP contribution in [-0.2, 0) is 34.2 Å². The van der Waals surface area contributed by atoms with Gasteiger partial charge in [0.15, 0.2) is 9.84 Å². The first-order valence-electron chi connectivity index (χ1n) is 43.4.